The second kappa shape index (κ2) is 9.45. The maximum absolute atomic E-state index is 12.6. The molecule has 2 aliphatic heterocycles. The molecule has 3 fully saturated rings. The molecule has 0 spiro atoms. The summed E-state index contributed by atoms with van der Waals surface area (Å²) < 4.78 is 17.8. The average molecular weight is 466 g/mol. The number of hydrogen-bond acceptors (Lipinski definition) is 6. The van der Waals surface area contributed by atoms with Crippen molar-refractivity contribution in [3.8, 4) is 5.88 Å². The molecule has 1 aliphatic carbocycles. The second-order valence-corrected chi connectivity index (χ2v) is 10.7. The first-order valence-electron chi connectivity index (χ1n) is 12.4. The zero-order valence-electron chi connectivity index (χ0n) is 20.4. The van der Waals surface area contributed by atoms with E-state index in [2.05, 4.69) is 22.0 Å². The third-order valence-corrected chi connectivity index (χ3v) is 6.82. The van der Waals surface area contributed by atoms with Gasteiger partial charge in [-0.1, -0.05) is 30.3 Å². The van der Waals surface area contributed by atoms with Gasteiger partial charge in [-0.3, -0.25) is 0 Å². The Labute approximate surface area is 202 Å². The molecule has 1 saturated carbocycles. The lowest BCUT2D eigenvalue weighted by atomic mass is 9.92. The average Bonchev–Trinajstić information content (AvgIpc) is 3.04. The smallest absolute Gasteiger partial charge is 0.410 e. The van der Waals surface area contributed by atoms with Crippen LogP contribution in [0.25, 0.3) is 0 Å². The number of benzene rings is 1. The van der Waals surface area contributed by atoms with Crippen LogP contribution >= 0.6 is 0 Å². The number of rotatable bonds is 6. The van der Waals surface area contributed by atoms with Gasteiger partial charge in [-0.15, -0.1) is 0 Å². The highest BCUT2D eigenvalue weighted by Crippen LogP contribution is 2.37. The van der Waals surface area contributed by atoms with E-state index in [-0.39, 0.29) is 18.3 Å². The van der Waals surface area contributed by atoms with E-state index < -0.39 is 5.60 Å². The molecule has 1 aromatic carbocycles. The topological polar surface area (TPSA) is 64.1 Å². The highest BCUT2D eigenvalue weighted by molar-refractivity contribution is 5.69. The summed E-state index contributed by atoms with van der Waals surface area (Å²) in [5.74, 6) is 0.665. The van der Waals surface area contributed by atoms with Crippen molar-refractivity contribution in [3.05, 3.63) is 54.2 Å². The molecule has 2 aromatic rings. The van der Waals surface area contributed by atoms with E-state index in [1.165, 1.54) is 5.56 Å². The lowest BCUT2D eigenvalue weighted by Gasteiger charge is -2.42. The van der Waals surface area contributed by atoms with Crippen molar-refractivity contribution in [2.45, 2.75) is 83.0 Å². The molecule has 0 radical (unpaired) electrons. The quantitative estimate of drug-likeness (QED) is 0.611. The van der Waals surface area contributed by atoms with Crippen LogP contribution in [0.3, 0.4) is 0 Å². The summed E-state index contributed by atoms with van der Waals surface area (Å²) in [6, 6.07) is 14.9. The molecule has 7 nitrogen and oxygen atoms in total. The van der Waals surface area contributed by atoms with Gasteiger partial charge < -0.3 is 24.0 Å². The highest BCUT2D eigenvalue weighted by atomic mass is 16.6. The van der Waals surface area contributed by atoms with Gasteiger partial charge in [0.05, 0.1) is 12.7 Å². The van der Waals surface area contributed by atoms with E-state index in [1.54, 1.807) is 0 Å². The predicted molar refractivity (Wildman–Crippen MR) is 130 cm³/mol. The molecule has 0 unspecified atom stereocenters. The van der Waals surface area contributed by atoms with Crippen molar-refractivity contribution in [2.75, 3.05) is 18.0 Å². The number of fused-ring (bicyclic) bond motifs is 2. The third-order valence-electron chi connectivity index (χ3n) is 6.82. The fraction of sp³-hybridized carbons (Fsp3) is 0.556. The molecule has 0 N–H and O–H groups in total. The van der Waals surface area contributed by atoms with Gasteiger partial charge in [0.2, 0.25) is 5.88 Å². The maximum atomic E-state index is 12.6. The molecular weight excluding hydrogens is 430 g/mol. The Kier molecular flexibility index (Phi) is 6.38. The number of aromatic nitrogens is 1. The van der Waals surface area contributed by atoms with E-state index in [4.69, 9.17) is 14.2 Å². The lowest BCUT2D eigenvalue weighted by molar-refractivity contribution is -0.0694. The van der Waals surface area contributed by atoms with E-state index in [9.17, 15) is 4.79 Å². The maximum Gasteiger partial charge on any atom is 0.410 e. The number of anilines is 1. The molecule has 182 valence electrons. The summed E-state index contributed by atoms with van der Waals surface area (Å²) in [5.41, 5.74) is 1.85. The van der Waals surface area contributed by atoms with E-state index in [0.717, 1.165) is 31.4 Å². The van der Waals surface area contributed by atoms with Crippen molar-refractivity contribution in [2.24, 2.45) is 0 Å². The number of nitrogens with zero attached hydrogens (tertiary/aromatic N) is 3. The highest BCUT2D eigenvalue weighted by Gasteiger charge is 2.42. The zero-order valence-corrected chi connectivity index (χ0v) is 20.4. The van der Waals surface area contributed by atoms with Crippen LogP contribution in [-0.2, 0) is 16.1 Å². The number of amides is 1. The number of likely N-dealkylation sites (tertiary alicyclic amines) is 1. The van der Waals surface area contributed by atoms with Crippen LogP contribution in [0.4, 0.5) is 10.5 Å². The van der Waals surface area contributed by atoms with Crippen LogP contribution in [0, 0.1) is 0 Å². The molecule has 34 heavy (non-hydrogen) atoms. The van der Waals surface area contributed by atoms with E-state index in [0.29, 0.717) is 37.7 Å². The Morgan fingerprint density at radius 3 is 2.41 bits per heavy atom. The first-order chi connectivity index (χ1) is 16.3. The second-order valence-electron chi connectivity index (χ2n) is 10.7. The van der Waals surface area contributed by atoms with Crippen molar-refractivity contribution in [1.82, 2.24) is 9.88 Å². The fourth-order valence-corrected chi connectivity index (χ4v) is 5.13. The number of pyridine rings is 1. The number of carbonyl (C=O) groups excluding carboxylic acids is 1. The minimum Gasteiger partial charge on any atom is -0.474 e. The molecular formula is C27H35N3O4. The minimum atomic E-state index is -0.474. The van der Waals surface area contributed by atoms with Gasteiger partial charge in [0.25, 0.3) is 0 Å². The summed E-state index contributed by atoms with van der Waals surface area (Å²) >= 11 is 0. The number of piperazine rings is 1. The zero-order chi connectivity index (χ0) is 23.7. The van der Waals surface area contributed by atoms with Crippen LogP contribution in [0.2, 0.25) is 0 Å². The molecule has 3 heterocycles. The van der Waals surface area contributed by atoms with E-state index in [1.807, 2.05) is 62.2 Å². The third kappa shape index (κ3) is 5.30. The Morgan fingerprint density at radius 1 is 1.03 bits per heavy atom. The number of carbonyl (C=O) groups is 1. The fourth-order valence-electron chi connectivity index (χ4n) is 5.13. The molecule has 2 saturated heterocycles. The summed E-state index contributed by atoms with van der Waals surface area (Å²) in [6.07, 6.45) is 5.92. The number of ether oxygens (including phenoxy) is 3. The lowest BCUT2D eigenvalue weighted by Crippen LogP contribution is -2.56. The Balaban J connectivity index is 1.14. The normalized spacial score (nSPS) is 26.2. The van der Waals surface area contributed by atoms with Gasteiger partial charge in [-0.2, -0.15) is 0 Å². The number of hydrogen-bond donors (Lipinski definition) is 0. The summed E-state index contributed by atoms with van der Waals surface area (Å²) in [6.45, 7) is 7.75. The first kappa shape index (κ1) is 23.0. The van der Waals surface area contributed by atoms with Gasteiger partial charge in [-0.25, -0.2) is 9.78 Å². The van der Waals surface area contributed by atoms with Gasteiger partial charge in [0, 0.05) is 56.0 Å². The molecule has 1 amide bonds. The van der Waals surface area contributed by atoms with Gasteiger partial charge in [0.15, 0.2) is 0 Å². The molecule has 7 heteroatoms. The Hall–Kier alpha value is -2.80. The van der Waals surface area contributed by atoms with Crippen molar-refractivity contribution >= 4 is 11.8 Å². The molecule has 5 rings (SSSR count). The summed E-state index contributed by atoms with van der Waals surface area (Å²) in [4.78, 5) is 21.4. The SMILES string of the molecule is CC(C)(C)OC(=O)N1C[C@@H]2CC[C@@H](C1)N2c1ccnc(OC2CC(OCc3ccccc3)C2)c1. The van der Waals surface area contributed by atoms with Crippen molar-refractivity contribution < 1.29 is 19.0 Å². The predicted octanol–water partition coefficient (Wildman–Crippen LogP) is 4.80. The first-order valence-corrected chi connectivity index (χ1v) is 12.4. The van der Waals surface area contributed by atoms with Crippen molar-refractivity contribution in [3.63, 3.8) is 0 Å². The van der Waals surface area contributed by atoms with Crippen LogP contribution in [0.15, 0.2) is 48.7 Å². The Bertz CT molecular complexity index is 973. The summed E-state index contributed by atoms with van der Waals surface area (Å²) in [7, 11) is 0. The minimum absolute atomic E-state index is 0.143. The van der Waals surface area contributed by atoms with Crippen LogP contribution in [-0.4, -0.2) is 59.0 Å². The largest absolute Gasteiger partial charge is 0.474 e. The molecule has 3 aliphatic rings. The monoisotopic (exact) mass is 465 g/mol. The van der Waals surface area contributed by atoms with Gasteiger partial charge in [-0.05, 0) is 45.2 Å². The van der Waals surface area contributed by atoms with E-state index >= 15 is 0 Å². The molecule has 2 atom stereocenters. The van der Waals surface area contributed by atoms with Gasteiger partial charge in [0.1, 0.15) is 11.7 Å². The van der Waals surface area contributed by atoms with Gasteiger partial charge >= 0.3 is 6.09 Å². The Morgan fingerprint density at radius 2 is 1.74 bits per heavy atom. The van der Waals surface area contributed by atoms with Crippen LogP contribution in [0.1, 0.15) is 52.0 Å². The standard InChI is InChI=1S/C27H35N3O4/c1-27(2,3)34-26(31)29-16-21-9-10-22(17-29)30(21)20-11-12-28-25(13-20)33-24-14-23(15-24)32-18-19-7-5-4-6-8-19/h4-8,11-13,21-24H,9-10,14-18H2,1-3H3/t21-,22-,23?,24?/m0/s1. The van der Waals surface area contributed by atoms with Crippen LogP contribution in [0.5, 0.6) is 5.88 Å². The molecule has 1 aromatic heterocycles. The molecule has 2 bridgehead atoms. The van der Waals surface area contributed by atoms with Crippen LogP contribution < -0.4 is 9.64 Å². The van der Waals surface area contributed by atoms with Crippen molar-refractivity contribution in [1.29, 1.82) is 0 Å². The summed E-state index contributed by atoms with van der Waals surface area (Å²) in [5, 5.41) is 0.